The molecule has 0 atom stereocenters. The van der Waals surface area contributed by atoms with E-state index >= 15 is 0 Å². The van der Waals surface area contributed by atoms with Crippen LogP contribution in [0.2, 0.25) is 0 Å². The van der Waals surface area contributed by atoms with Crippen molar-refractivity contribution in [3.05, 3.63) is 83.7 Å². The molecular formula is C21H22N4O3S. The smallest absolute Gasteiger partial charge is 0.319 e. The second-order valence-corrected chi connectivity index (χ2v) is 8.23. The van der Waals surface area contributed by atoms with Crippen molar-refractivity contribution in [3.63, 3.8) is 0 Å². The van der Waals surface area contributed by atoms with E-state index in [0.717, 1.165) is 16.7 Å². The van der Waals surface area contributed by atoms with E-state index < -0.39 is 16.1 Å². The van der Waals surface area contributed by atoms with Crippen LogP contribution in [-0.4, -0.2) is 19.4 Å². The molecular weight excluding hydrogens is 388 g/mol. The lowest BCUT2D eigenvalue weighted by atomic mass is 10.1. The molecule has 0 saturated heterocycles. The lowest BCUT2D eigenvalue weighted by Crippen LogP contribution is -2.28. The summed E-state index contributed by atoms with van der Waals surface area (Å²) >= 11 is 0. The minimum absolute atomic E-state index is 0.111. The van der Waals surface area contributed by atoms with Gasteiger partial charge in [-0.15, -0.1) is 0 Å². The third-order valence-electron chi connectivity index (χ3n) is 4.45. The molecule has 0 spiro atoms. The molecule has 0 aliphatic heterocycles. The number of aromatic nitrogens is 1. The molecule has 2 aromatic carbocycles. The van der Waals surface area contributed by atoms with Gasteiger partial charge in [0, 0.05) is 24.6 Å². The molecule has 0 radical (unpaired) electrons. The first-order valence-electron chi connectivity index (χ1n) is 8.98. The van der Waals surface area contributed by atoms with Crippen LogP contribution in [0.15, 0.2) is 71.9 Å². The Hall–Kier alpha value is -3.39. The predicted octanol–water partition coefficient (Wildman–Crippen LogP) is 3.82. The van der Waals surface area contributed by atoms with E-state index in [-0.39, 0.29) is 4.90 Å². The van der Waals surface area contributed by atoms with E-state index in [2.05, 4.69) is 20.3 Å². The topological polar surface area (TPSA) is 100 Å². The largest absolute Gasteiger partial charge is 0.334 e. The Morgan fingerprint density at radius 3 is 2.45 bits per heavy atom. The third kappa shape index (κ3) is 5.32. The number of amides is 2. The van der Waals surface area contributed by atoms with E-state index in [1.54, 1.807) is 42.7 Å². The Kier molecular flexibility index (Phi) is 6.13. The molecule has 7 nitrogen and oxygen atoms in total. The zero-order valence-electron chi connectivity index (χ0n) is 16.1. The highest BCUT2D eigenvalue weighted by Crippen LogP contribution is 2.22. The lowest BCUT2D eigenvalue weighted by molar-refractivity contribution is 0.251. The van der Waals surface area contributed by atoms with Gasteiger partial charge in [-0.25, -0.2) is 13.2 Å². The van der Waals surface area contributed by atoms with Crippen LogP contribution in [0.25, 0.3) is 0 Å². The summed E-state index contributed by atoms with van der Waals surface area (Å²) in [6.45, 7) is 4.13. The Morgan fingerprint density at radius 1 is 1.00 bits per heavy atom. The molecule has 3 aromatic rings. The first kappa shape index (κ1) is 20.3. The number of hydrogen-bond donors (Lipinski definition) is 3. The maximum absolute atomic E-state index is 12.6. The average Bonchev–Trinajstić information content (AvgIpc) is 2.71. The molecule has 150 valence electrons. The van der Waals surface area contributed by atoms with Gasteiger partial charge in [0.05, 0.1) is 10.6 Å². The number of rotatable bonds is 6. The highest BCUT2D eigenvalue weighted by atomic mass is 32.2. The normalized spacial score (nSPS) is 11.0. The first-order valence-corrected chi connectivity index (χ1v) is 10.5. The number of carbonyl (C=O) groups is 1. The van der Waals surface area contributed by atoms with Crippen molar-refractivity contribution in [1.29, 1.82) is 0 Å². The van der Waals surface area contributed by atoms with E-state index in [1.807, 2.05) is 26.0 Å². The van der Waals surface area contributed by atoms with Gasteiger partial charge < -0.3 is 10.6 Å². The van der Waals surface area contributed by atoms with Crippen LogP contribution in [0.4, 0.5) is 16.2 Å². The molecule has 0 bridgehead atoms. The van der Waals surface area contributed by atoms with Crippen molar-refractivity contribution in [2.75, 3.05) is 10.0 Å². The molecule has 0 saturated carbocycles. The summed E-state index contributed by atoms with van der Waals surface area (Å²) in [5.41, 5.74) is 3.78. The first-order chi connectivity index (χ1) is 13.8. The van der Waals surface area contributed by atoms with E-state index in [4.69, 9.17) is 0 Å². The highest BCUT2D eigenvalue weighted by molar-refractivity contribution is 7.92. The van der Waals surface area contributed by atoms with Crippen LogP contribution in [0.3, 0.4) is 0 Å². The minimum Gasteiger partial charge on any atom is -0.334 e. The quantitative estimate of drug-likeness (QED) is 0.575. The Bertz CT molecular complexity index is 1100. The maximum Gasteiger partial charge on any atom is 0.319 e. The zero-order valence-corrected chi connectivity index (χ0v) is 17.0. The van der Waals surface area contributed by atoms with Gasteiger partial charge in [0.25, 0.3) is 10.0 Å². The number of nitrogens with one attached hydrogen (secondary N) is 3. The monoisotopic (exact) mass is 410 g/mol. The molecule has 3 rings (SSSR count). The molecule has 0 aliphatic rings. The van der Waals surface area contributed by atoms with Gasteiger partial charge in [-0.3, -0.25) is 9.71 Å². The number of pyridine rings is 1. The molecule has 8 heteroatoms. The van der Waals surface area contributed by atoms with Crippen LogP contribution < -0.4 is 15.4 Å². The number of sulfonamides is 1. The van der Waals surface area contributed by atoms with Crippen LogP contribution in [0.5, 0.6) is 0 Å². The zero-order chi connectivity index (χ0) is 20.9. The fourth-order valence-electron chi connectivity index (χ4n) is 2.64. The summed E-state index contributed by atoms with van der Waals surface area (Å²) in [6, 6.07) is 14.7. The van der Waals surface area contributed by atoms with Crippen molar-refractivity contribution in [3.8, 4) is 0 Å². The van der Waals surface area contributed by atoms with Crippen molar-refractivity contribution in [2.45, 2.75) is 25.3 Å². The molecule has 0 fully saturated rings. The van der Waals surface area contributed by atoms with Gasteiger partial charge in [-0.1, -0.05) is 18.2 Å². The van der Waals surface area contributed by atoms with Crippen LogP contribution in [0.1, 0.15) is 16.7 Å². The van der Waals surface area contributed by atoms with Gasteiger partial charge in [-0.2, -0.15) is 0 Å². The SMILES string of the molecule is Cc1cccc(NS(=O)(=O)c2ccc(NC(=O)NCc3cccnc3)cc2)c1C. The van der Waals surface area contributed by atoms with Crippen LogP contribution >= 0.6 is 0 Å². The van der Waals surface area contributed by atoms with E-state index in [0.29, 0.717) is 17.9 Å². The maximum atomic E-state index is 12.6. The van der Waals surface area contributed by atoms with Crippen molar-refractivity contribution >= 4 is 27.4 Å². The highest BCUT2D eigenvalue weighted by Gasteiger charge is 2.16. The van der Waals surface area contributed by atoms with Gasteiger partial charge in [0.2, 0.25) is 0 Å². The van der Waals surface area contributed by atoms with Crippen LogP contribution in [0, 0.1) is 13.8 Å². The molecule has 29 heavy (non-hydrogen) atoms. The summed E-state index contributed by atoms with van der Waals surface area (Å²) < 4.78 is 27.9. The second-order valence-electron chi connectivity index (χ2n) is 6.55. The summed E-state index contributed by atoms with van der Waals surface area (Å²) in [6.07, 6.45) is 3.33. The lowest BCUT2D eigenvalue weighted by Gasteiger charge is -2.13. The summed E-state index contributed by atoms with van der Waals surface area (Å²) in [5, 5.41) is 5.39. The molecule has 0 aliphatic carbocycles. The molecule has 1 aromatic heterocycles. The van der Waals surface area contributed by atoms with E-state index in [1.165, 1.54) is 12.1 Å². The Labute approximate surface area is 170 Å². The summed E-state index contributed by atoms with van der Waals surface area (Å²) in [7, 11) is -3.73. The molecule has 0 unspecified atom stereocenters. The van der Waals surface area contributed by atoms with Gasteiger partial charge in [-0.05, 0) is 66.9 Å². The van der Waals surface area contributed by atoms with Gasteiger partial charge >= 0.3 is 6.03 Å². The van der Waals surface area contributed by atoms with Crippen molar-refractivity contribution in [2.24, 2.45) is 0 Å². The number of benzene rings is 2. The fraction of sp³-hybridized carbons (Fsp3) is 0.143. The summed E-state index contributed by atoms with van der Waals surface area (Å²) in [5.74, 6) is 0. The number of nitrogens with zero attached hydrogens (tertiary/aromatic N) is 1. The van der Waals surface area contributed by atoms with Crippen molar-refractivity contribution in [1.82, 2.24) is 10.3 Å². The number of anilines is 2. The number of hydrogen-bond acceptors (Lipinski definition) is 4. The van der Waals surface area contributed by atoms with Crippen LogP contribution in [-0.2, 0) is 16.6 Å². The number of urea groups is 1. The molecule has 3 N–H and O–H groups in total. The Balaban J connectivity index is 1.63. The summed E-state index contributed by atoms with van der Waals surface area (Å²) in [4.78, 5) is 16.1. The predicted molar refractivity (Wildman–Crippen MR) is 113 cm³/mol. The third-order valence-corrected chi connectivity index (χ3v) is 5.83. The standard InChI is InChI=1S/C21H22N4O3S/c1-15-5-3-7-20(16(15)2)25-29(27,28)19-10-8-18(9-11-19)24-21(26)23-14-17-6-4-12-22-13-17/h3-13,25H,14H2,1-2H3,(H2,23,24,26). The van der Waals surface area contributed by atoms with Gasteiger partial charge in [0.15, 0.2) is 0 Å². The van der Waals surface area contributed by atoms with E-state index in [9.17, 15) is 13.2 Å². The number of carbonyl (C=O) groups excluding carboxylic acids is 1. The van der Waals surface area contributed by atoms with Crippen molar-refractivity contribution < 1.29 is 13.2 Å². The second kappa shape index (κ2) is 8.74. The number of aryl methyl sites for hydroxylation is 1. The van der Waals surface area contributed by atoms with Gasteiger partial charge in [0.1, 0.15) is 0 Å². The Morgan fingerprint density at radius 2 is 1.76 bits per heavy atom. The molecule has 2 amide bonds. The minimum atomic E-state index is -3.73. The molecule has 1 heterocycles. The fourth-order valence-corrected chi connectivity index (χ4v) is 3.77. The average molecular weight is 410 g/mol.